The van der Waals surface area contributed by atoms with Crippen molar-refractivity contribution in [3.63, 3.8) is 0 Å². The van der Waals surface area contributed by atoms with Crippen molar-refractivity contribution in [1.29, 1.82) is 0 Å². The van der Waals surface area contributed by atoms with E-state index >= 15 is 0 Å². The van der Waals surface area contributed by atoms with E-state index < -0.39 is 0 Å². The third-order valence-corrected chi connectivity index (χ3v) is 5.62. The number of rotatable bonds is 0. The SMILES string of the molecule is C[C]1[C](C)[C](C)[C](C)[C]1C.C[C]1[C](C)[C](C)[C](C)[C]1C.[ZrH2]. The van der Waals surface area contributed by atoms with Gasteiger partial charge in [-0.3, -0.25) is 0 Å². The Bertz CT molecular complexity index is 181. The van der Waals surface area contributed by atoms with E-state index in [2.05, 4.69) is 69.2 Å². The molecule has 0 aromatic rings. The summed E-state index contributed by atoms with van der Waals surface area (Å²) < 4.78 is 0. The van der Waals surface area contributed by atoms with E-state index in [1.165, 1.54) is 59.2 Å². The van der Waals surface area contributed by atoms with E-state index in [9.17, 15) is 0 Å². The maximum atomic E-state index is 2.20. The molecular weight excluding hydrogens is 331 g/mol. The van der Waals surface area contributed by atoms with Crippen LogP contribution in [-0.2, 0) is 26.2 Å². The molecule has 1 heteroatoms. The molecule has 0 bridgehead atoms. The van der Waals surface area contributed by atoms with Gasteiger partial charge in [-0.25, -0.2) is 0 Å². The van der Waals surface area contributed by atoms with E-state index in [0.717, 1.165) is 0 Å². The molecule has 0 nitrogen and oxygen atoms in total. The van der Waals surface area contributed by atoms with Gasteiger partial charge in [-0.05, 0) is 59.2 Å². The Morgan fingerprint density at radius 2 is 0.286 bits per heavy atom. The quantitative estimate of drug-likeness (QED) is 0.540. The Morgan fingerprint density at radius 1 is 0.238 bits per heavy atom. The van der Waals surface area contributed by atoms with Crippen molar-refractivity contribution in [2.75, 3.05) is 0 Å². The van der Waals surface area contributed by atoms with Gasteiger partial charge in [0.1, 0.15) is 0 Å². The number of hydrogen-bond donors (Lipinski definition) is 0. The van der Waals surface area contributed by atoms with Crippen LogP contribution in [0.15, 0.2) is 0 Å². The van der Waals surface area contributed by atoms with Gasteiger partial charge in [0, 0.05) is 0 Å². The first-order valence-corrected chi connectivity index (χ1v) is 7.50. The van der Waals surface area contributed by atoms with Gasteiger partial charge in [0.25, 0.3) is 0 Å². The molecule has 0 N–H and O–H groups in total. The molecule has 2 saturated carbocycles. The van der Waals surface area contributed by atoms with E-state index in [0.29, 0.717) is 0 Å². The molecule has 0 atom stereocenters. The Kier molecular flexibility index (Phi) is 9.02. The van der Waals surface area contributed by atoms with Crippen LogP contribution in [0.5, 0.6) is 0 Å². The second-order valence-electron chi connectivity index (χ2n) is 6.25. The van der Waals surface area contributed by atoms with E-state index in [1.54, 1.807) is 0 Å². The van der Waals surface area contributed by atoms with Crippen molar-refractivity contribution in [1.82, 2.24) is 0 Å². The average Bonchev–Trinajstić information content (AvgIpc) is 2.71. The predicted octanol–water partition coefficient (Wildman–Crippen LogP) is 5.41. The zero-order valence-corrected chi connectivity index (χ0v) is 19.2. The molecule has 0 amide bonds. The summed E-state index contributed by atoms with van der Waals surface area (Å²) in [6.07, 6.45) is 0. The Balaban J connectivity index is 0.000000364. The first kappa shape index (κ1) is 21.9. The van der Waals surface area contributed by atoms with Crippen LogP contribution in [0, 0.1) is 59.2 Å². The molecule has 0 spiro atoms. The molecule has 2 aliphatic carbocycles. The monoisotopic (exact) mass is 362 g/mol. The molecule has 10 radical (unpaired) electrons. The summed E-state index contributed by atoms with van der Waals surface area (Å²) in [5.41, 5.74) is 0. The fraction of sp³-hybridized carbons (Fsp3) is 0.500. The zero-order chi connectivity index (χ0) is 15.8. The summed E-state index contributed by atoms with van der Waals surface area (Å²) in [5.74, 6) is 14.7. The van der Waals surface area contributed by atoms with Gasteiger partial charge in [0.05, 0.1) is 0 Å². The fourth-order valence-corrected chi connectivity index (χ4v) is 2.81. The molecule has 2 fully saturated rings. The van der Waals surface area contributed by atoms with Gasteiger partial charge in [0.2, 0.25) is 0 Å². The van der Waals surface area contributed by atoms with Gasteiger partial charge in [-0.2, -0.15) is 0 Å². The first-order valence-electron chi connectivity index (χ1n) is 7.50. The standard InChI is InChI=1S/2C10H15.Zr.2H/c2*1-6-7(2)9(4)10(5)8(6)3;;;/h2*1-5H3;;;. The molecule has 2 aliphatic rings. The van der Waals surface area contributed by atoms with Crippen molar-refractivity contribution >= 4 is 0 Å². The van der Waals surface area contributed by atoms with Crippen LogP contribution in [0.2, 0.25) is 0 Å². The minimum absolute atomic E-state index is 0. The molecule has 0 aromatic heterocycles. The predicted molar refractivity (Wildman–Crippen MR) is 92.0 cm³/mol. The number of hydrogen-bond acceptors (Lipinski definition) is 0. The van der Waals surface area contributed by atoms with Gasteiger partial charge in [-0.1, -0.05) is 69.2 Å². The van der Waals surface area contributed by atoms with Crippen molar-refractivity contribution < 1.29 is 26.2 Å². The van der Waals surface area contributed by atoms with Crippen LogP contribution in [0.4, 0.5) is 0 Å². The molecule has 2 rings (SSSR count). The molecule has 0 unspecified atom stereocenters. The fourth-order valence-electron chi connectivity index (χ4n) is 2.81. The van der Waals surface area contributed by atoms with E-state index in [-0.39, 0.29) is 26.2 Å². The third kappa shape index (κ3) is 4.46. The van der Waals surface area contributed by atoms with Crippen molar-refractivity contribution in [3.05, 3.63) is 59.2 Å². The van der Waals surface area contributed by atoms with Crippen molar-refractivity contribution in [2.24, 2.45) is 0 Å². The Hall–Kier alpha value is 0.883. The van der Waals surface area contributed by atoms with E-state index in [4.69, 9.17) is 0 Å². The van der Waals surface area contributed by atoms with Gasteiger partial charge >= 0.3 is 26.2 Å². The normalized spacial score (nSPS) is 27.1. The summed E-state index contributed by atoms with van der Waals surface area (Å²) in [7, 11) is 0. The van der Waals surface area contributed by atoms with Crippen LogP contribution >= 0.6 is 0 Å². The van der Waals surface area contributed by atoms with Gasteiger partial charge < -0.3 is 0 Å². The minimum atomic E-state index is 0. The maximum absolute atomic E-state index is 2.20. The summed E-state index contributed by atoms with van der Waals surface area (Å²) in [6.45, 7) is 22.0. The molecule has 116 valence electrons. The summed E-state index contributed by atoms with van der Waals surface area (Å²) in [6, 6.07) is 0. The zero-order valence-electron chi connectivity index (χ0n) is 15.7. The molecule has 0 aromatic carbocycles. The second-order valence-corrected chi connectivity index (χ2v) is 6.25. The van der Waals surface area contributed by atoms with Crippen molar-refractivity contribution in [3.8, 4) is 0 Å². The molecule has 21 heavy (non-hydrogen) atoms. The Morgan fingerprint density at radius 3 is 0.333 bits per heavy atom. The topological polar surface area (TPSA) is 0 Å². The molecule has 0 aliphatic heterocycles. The molecule has 0 heterocycles. The van der Waals surface area contributed by atoms with Crippen LogP contribution < -0.4 is 0 Å². The van der Waals surface area contributed by atoms with Gasteiger partial charge in [0.15, 0.2) is 0 Å². The van der Waals surface area contributed by atoms with Crippen LogP contribution in [-0.4, -0.2) is 0 Å². The van der Waals surface area contributed by atoms with Crippen LogP contribution in [0.3, 0.4) is 0 Å². The molecular formula is C20H32Zr. The van der Waals surface area contributed by atoms with Gasteiger partial charge in [-0.15, -0.1) is 0 Å². The molecule has 0 saturated heterocycles. The van der Waals surface area contributed by atoms with Crippen LogP contribution in [0.25, 0.3) is 0 Å². The van der Waals surface area contributed by atoms with E-state index in [1.807, 2.05) is 0 Å². The average molecular weight is 364 g/mol. The summed E-state index contributed by atoms with van der Waals surface area (Å²) in [4.78, 5) is 0. The summed E-state index contributed by atoms with van der Waals surface area (Å²) in [5, 5.41) is 0. The first-order chi connectivity index (χ1) is 9.11. The second kappa shape index (κ2) is 8.66. The summed E-state index contributed by atoms with van der Waals surface area (Å²) >= 11 is 0. The Labute approximate surface area is 154 Å². The van der Waals surface area contributed by atoms with Crippen LogP contribution in [0.1, 0.15) is 69.2 Å². The van der Waals surface area contributed by atoms with Crippen molar-refractivity contribution in [2.45, 2.75) is 69.2 Å². The third-order valence-electron chi connectivity index (χ3n) is 5.62.